The summed E-state index contributed by atoms with van der Waals surface area (Å²) in [7, 11) is 0. The third-order valence-electron chi connectivity index (χ3n) is 3.57. The summed E-state index contributed by atoms with van der Waals surface area (Å²) < 4.78 is 6.97. The summed E-state index contributed by atoms with van der Waals surface area (Å²) in [5.41, 5.74) is -0.104. The molecule has 6 nitrogen and oxygen atoms in total. The topological polar surface area (TPSA) is 69.9 Å². The number of halogens is 2. The average molecular weight is 327 g/mol. The van der Waals surface area contributed by atoms with Crippen LogP contribution < -0.4 is 0 Å². The molecule has 1 heterocycles. The number of hydrogen-bond acceptors (Lipinski definition) is 5. The molecule has 0 spiro atoms. The van der Waals surface area contributed by atoms with Gasteiger partial charge in [0.2, 0.25) is 0 Å². The number of benzene rings is 1. The van der Waals surface area contributed by atoms with Crippen molar-refractivity contribution < 1.29 is 9.53 Å². The van der Waals surface area contributed by atoms with E-state index in [0.29, 0.717) is 28.5 Å². The number of carbonyl (C=O) groups is 1. The van der Waals surface area contributed by atoms with Gasteiger partial charge < -0.3 is 4.74 Å². The van der Waals surface area contributed by atoms with Gasteiger partial charge in [-0.3, -0.25) is 0 Å². The molecule has 0 radical (unpaired) electrons. The first-order chi connectivity index (χ1) is 10.0. The van der Waals surface area contributed by atoms with Crippen LogP contribution in [0.4, 0.5) is 0 Å². The number of nitrogens with zero attached hydrogens (tertiary/aromatic N) is 4. The van der Waals surface area contributed by atoms with E-state index >= 15 is 0 Å². The summed E-state index contributed by atoms with van der Waals surface area (Å²) in [6, 6.07) is 5.06. The van der Waals surface area contributed by atoms with Crippen molar-refractivity contribution in [1.82, 2.24) is 20.2 Å². The van der Waals surface area contributed by atoms with Crippen LogP contribution in [0.2, 0.25) is 10.0 Å². The Morgan fingerprint density at radius 1 is 1.43 bits per heavy atom. The molecule has 0 amide bonds. The summed E-state index contributed by atoms with van der Waals surface area (Å²) in [5, 5.41) is 12.0. The van der Waals surface area contributed by atoms with Crippen LogP contribution in [-0.2, 0) is 15.1 Å². The highest BCUT2D eigenvalue weighted by Gasteiger charge is 2.55. The summed E-state index contributed by atoms with van der Waals surface area (Å²) in [4.78, 5) is 12.4. The fourth-order valence-electron chi connectivity index (χ4n) is 2.16. The van der Waals surface area contributed by atoms with Gasteiger partial charge in [-0.05, 0) is 48.4 Å². The van der Waals surface area contributed by atoms with Crippen molar-refractivity contribution in [1.29, 1.82) is 0 Å². The first-order valence-electron chi connectivity index (χ1n) is 6.42. The number of tetrazole rings is 1. The Labute approximate surface area is 131 Å². The maximum absolute atomic E-state index is 12.4. The number of ether oxygens (including phenoxy) is 1. The predicted molar refractivity (Wildman–Crippen MR) is 76.0 cm³/mol. The minimum atomic E-state index is -0.775. The Morgan fingerprint density at radius 3 is 2.81 bits per heavy atom. The molecule has 110 valence electrons. The fourth-order valence-corrected chi connectivity index (χ4v) is 2.61. The molecule has 2 aromatic rings. The van der Waals surface area contributed by atoms with E-state index < -0.39 is 11.6 Å². The van der Waals surface area contributed by atoms with E-state index in [4.69, 9.17) is 27.9 Å². The van der Waals surface area contributed by atoms with Crippen LogP contribution in [0.25, 0.3) is 0 Å². The molecule has 0 aliphatic heterocycles. The van der Waals surface area contributed by atoms with Crippen molar-refractivity contribution in [2.24, 2.45) is 0 Å². The molecule has 8 heteroatoms. The molecule has 1 atom stereocenters. The predicted octanol–water partition coefficient (Wildman–Crippen LogP) is 2.77. The van der Waals surface area contributed by atoms with Gasteiger partial charge in [0, 0.05) is 15.6 Å². The smallest absolute Gasteiger partial charge is 0.334 e. The molecular weight excluding hydrogens is 315 g/mol. The number of aromatic nitrogens is 4. The highest BCUT2D eigenvalue weighted by molar-refractivity contribution is 6.33. The maximum Gasteiger partial charge on any atom is 0.334 e. The lowest BCUT2D eigenvalue weighted by Crippen LogP contribution is -2.31. The summed E-state index contributed by atoms with van der Waals surface area (Å²) in [5.74, 6) is -0.363. The second-order valence-corrected chi connectivity index (χ2v) is 5.84. The Morgan fingerprint density at radius 2 is 2.19 bits per heavy atom. The van der Waals surface area contributed by atoms with Crippen LogP contribution >= 0.6 is 23.2 Å². The zero-order valence-corrected chi connectivity index (χ0v) is 12.7. The van der Waals surface area contributed by atoms with E-state index in [0.717, 1.165) is 0 Å². The van der Waals surface area contributed by atoms with Crippen LogP contribution in [0, 0.1) is 0 Å². The number of carbonyl (C=O) groups excluding carboxylic acids is 1. The highest BCUT2D eigenvalue weighted by Crippen LogP contribution is 2.45. The van der Waals surface area contributed by atoms with Crippen molar-refractivity contribution in [3.63, 3.8) is 0 Å². The Kier molecular flexibility index (Phi) is 3.59. The van der Waals surface area contributed by atoms with E-state index in [1.54, 1.807) is 25.1 Å². The molecule has 0 N–H and O–H groups in total. The molecule has 1 aromatic carbocycles. The molecule has 1 fully saturated rings. The number of hydrogen-bond donors (Lipinski definition) is 0. The van der Waals surface area contributed by atoms with Crippen molar-refractivity contribution >= 4 is 29.2 Å². The maximum atomic E-state index is 12.4. The zero-order valence-electron chi connectivity index (χ0n) is 11.2. The van der Waals surface area contributed by atoms with Gasteiger partial charge in [-0.1, -0.05) is 23.2 Å². The quantitative estimate of drug-likeness (QED) is 0.808. The third-order valence-corrected chi connectivity index (χ3v) is 4.15. The molecule has 0 bridgehead atoms. The summed E-state index contributed by atoms with van der Waals surface area (Å²) in [6.07, 6.45) is 2.24. The van der Waals surface area contributed by atoms with Gasteiger partial charge in [0.15, 0.2) is 5.54 Å². The first kappa shape index (κ1) is 14.3. The lowest BCUT2D eigenvalue weighted by Gasteiger charge is -2.19. The van der Waals surface area contributed by atoms with Crippen molar-refractivity contribution in [2.75, 3.05) is 0 Å². The van der Waals surface area contributed by atoms with Crippen LogP contribution in [0.15, 0.2) is 24.5 Å². The molecule has 1 saturated carbocycles. The lowest BCUT2D eigenvalue weighted by atomic mass is 10.1. The van der Waals surface area contributed by atoms with Crippen molar-refractivity contribution in [3.05, 3.63) is 40.1 Å². The fraction of sp³-hybridized carbons (Fsp3) is 0.385. The third kappa shape index (κ3) is 2.61. The second-order valence-electron chi connectivity index (χ2n) is 5.00. The van der Waals surface area contributed by atoms with E-state index in [-0.39, 0.29) is 5.97 Å². The van der Waals surface area contributed by atoms with Gasteiger partial charge in [-0.15, -0.1) is 5.10 Å². The molecule has 1 aromatic heterocycles. The first-order valence-corrected chi connectivity index (χ1v) is 7.18. The van der Waals surface area contributed by atoms with Gasteiger partial charge in [-0.2, -0.15) is 0 Å². The van der Waals surface area contributed by atoms with Gasteiger partial charge >= 0.3 is 5.97 Å². The van der Waals surface area contributed by atoms with Gasteiger partial charge in [0.1, 0.15) is 12.4 Å². The summed E-state index contributed by atoms with van der Waals surface area (Å²) >= 11 is 12.1. The highest BCUT2D eigenvalue weighted by atomic mass is 35.5. The van der Waals surface area contributed by atoms with E-state index in [2.05, 4.69) is 15.5 Å². The molecule has 21 heavy (non-hydrogen) atoms. The minimum absolute atomic E-state index is 0.363. The summed E-state index contributed by atoms with van der Waals surface area (Å²) in [6.45, 7) is 1.76. The van der Waals surface area contributed by atoms with Crippen LogP contribution in [0.5, 0.6) is 0 Å². The molecule has 3 rings (SSSR count). The molecule has 1 aliphatic carbocycles. The number of esters is 1. The Bertz CT molecular complexity index is 671. The monoisotopic (exact) mass is 326 g/mol. The molecule has 1 unspecified atom stereocenters. The SMILES string of the molecule is CC(OC(=O)C1(n2cnnn2)CC1)c1cc(Cl)ccc1Cl. The van der Waals surface area contributed by atoms with E-state index in [9.17, 15) is 4.79 Å². The molecule has 1 aliphatic rings. The largest absolute Gasteiger partial charge is 0.456 e. The van der Waals surface area contributed by atoms with Gasteiger partial charge in [-0.25, -0.2) is 9.48 Å². The average Bonchev–Trinajstić information content (AvgIpc) is 3.09. The van der Waals surface area contributed by atoms with Crippen molar-refractivity contribution in [3.8, 4) is 0 Å². The van der Waals surface area contributed by atoms with Crippen LogP contribution in [-0.4, -0.2) is 26.2 Å². The second kappa shape index (κ2) is 5.27. The molecular formula is C13H12Cl2N4O2. The van der Waals surface area contributed by atoms with Crippen molar-refractivity contribution in [2.45, 2.75) is 31.4 Å². The Hall–Kier alpha value is -1.66. The standard InChI is InChI=1S/C13H12Cl2N4O2/c1-8(10-6-9(14)2-3-11(10)15)21-12(20)13(4-5-13)19-7-16-17-18-19/h2-3,6-8H,4-5H2,1H3. The van der Waals surface area contributed by atoms with E-state index in [1.807, 2.05) is 0 Å². The van der Waals surface area contributed by atoms with Crippen LogP contribution in [0.1, 0.15) is 31.4 Å². The van der Waals surface area contributed by atoms with Gasteiger partial charge in [0.05, 0.1) is 0 Å². The van der Waals surface area contributed by atoms with Crippen LogP contribution in [0.3, 0.4) is 0 Å². The van der Waals surface area contributed by atoms with E-state index in [1.165, 1.54) is 11.0 Å². The number of rotatable bonds is 4. The Balaban J connectivity index is 1.78. The zero-order chi connectivity index (χ0) is 15.0. The van der Waals surface area contributed by atoms with Gasteiger partial charge in [0.25, 0.3) is 0 Å². The lowest BCUT2D eigenvalue weighted by molar-refractivity contribution is -0.154. The molecule has 0 saturated heterocycles. The minimum Gasteiger partial charge on any atom is -0.456 e. The normalized spacial score (nSPS) is 17.3.